The Morgan fingerprint density at radius 3 is 1.08 bits per heavy atom. The Bertz CT molecular complexity index is 1540. The first-order valence-electron chi connectivity index (χ1n) is 17.9. The fraction of sp³-hybridized carbons (Fsp3) is 0.409. The molecule has 50 heavy (non-hydrogen) atoms. The molecule has 6 heteroatoms. The molecule has 2 atom stereocenters. The molecule has 1 saturated carbocycles. The predicted molar refractivity (Wildman–Crippen MR) is 200 cm³/mol. The van der Waals surface area contributed by atoms with E-state index in [1.54, 1.807) is 4.90 Å². The van der Waals surface area contributed by atoms with Gasteiger partial charge in [-0.15, -0.1) is 0 Å². The molecule has 4 N–H and O–H groups in total. The molecule has 0 unspecified atom stereocenters. The van der Waals surface area contributed by atoms with Gasteiger partial charge in [-0.25, -0.2) is 0 Å². The minimum absolute atomic E-state index is 0.301. The number of rotatable bonds is 10. The molecule has 0 radical (unpaired) electrons. The van der Waals surface area contributed by atoms with Crippen LogP contribution in [0.25, 0.3) is 0 Å². The van der Waals surface area contributed by atoms with Gasteiger partial charge in [0.25, 0.3) is 0 Å². The number of hydrogen-bond donors (Lipinski definition) is 3. The molecule has 2 amide bonds. The van der Waals surface area contributed by atoms with Crippen molar-refractivity contribution >= 4 is 11.8 Å². The van der Waals surface area contributed by atoms with E-state index in [9.17, 15) is 15.0 Å². The van der Waals surface area contributed by atoms with Crippen LogP contribution in [0.4, 0.5) is 0 Å². The lowest BCUT2D eigenvalue weighted by Gasteiger charge is -2.59. The van der Waals surface area contributed by atoms with Crippen LogP contribution >= 0.6 is 0 Å². The third-order valence-corrected chi connectivity index (χ3v) is 10.7. The van der Waals surface area contributed by atoms with E-state index in [-0.39, 0.29) is 0 Å². The fourth-order valence-electron chi connectivity index (χ4n) is 8.58. The molecule has 0 aliphatic heterocycles. The van der Waals surface area contributed by atoms with Crippen molar-refractivity contribution in [1.29, 1.82) is 0 Å². The summed E-state index contributed by atoms with van der Waals surface area (Å²) in [5.41, 5.74) is 1.95. The zero-order valence-electron chi connectivity index (χ0n) is 30.5. The minimum atomic E-state index is -1.79. The minimum Gasteiger partial charge on any atom is -0.378 e. The van der Waals surface area contributed by atoms with Crippen molar-refractivity contribution in [2.75, 3.05) is 0 Å². The van der Waals surface area contributed by atoms with E-state index in [4.69, 9.17) is 5.73 Å². The number of hydrogen-bond acceptors (Lipinski definition) is 4. The van der Waals surface area contributed by atoms with E-state index in [1.165, 1.54) is 0 Å². The second kappa shape index (κ2) is 14.2. The highest BCUT2D eigenvalue weighted by molar-refractivity contribution is 6.05. The van der Waals surface area contributed by atoms with Gasteiger partial charge in [0.15, 0.2) is 0 Å². The molecule has 1 aliphatic rings. The van der Waals surface area contributed by atoms with Gasteiger partial charge < -0.3 is 20.8 Å². The number of carbonyl (C=O) groups is 2. The molecule has 0 heterocycles. The summed E-state index contributed by atoms with van der Waals surface area (Å²) in [5.74, 6) is -1.13. The van der Waals surface area contributed by atoms with Gasteiger partial charge >= 0.3 is 0 Å². The number of primary amides is 1. The van der Waals surface area contributed by atoms with Gasteiger partial charge in [-0.1, -0.05) is 182 Å². The molecule has 1 fully saturated rings. The second-order valence-electron chi connectivity index (χ2n) is 16.3. The molecule has 4 aromatic carbocycles. The third kappa shape index (κ3) is 6.63. The fourth-order valence-corrected chi connectivity index (χ4v) is 8.58. The summed E-state index contributed by atoms with van der Waals surface area (Å²) in [7, 11) is 0. The molecule has 5 rings (SSSR count). The number of amides is 2. The molecule has 1 aliphatic carbocycles. The Morgan fingerprint density at radius 2 is 0.840 bits per heavy atom. The van der Waals surface area contributed by atoms with Gasteiger partial charge in [-0.3, -0.25) is 9.59 Å². The maximum absolute atomic E-state index is 16.1. The number of aliphatic hydroxyl groups is 2. The lowest BCUT2D eigenvalue weighted by molar-refractivity contribution is -0.186. The van der Waals surface area contributed by atoms with E-state index in [1.807, 2.05) is 163 Å². The van der Waals surface area contributed by atoms with E-state index >= 15 is 4.79 Å². The highest BCUT2D eigenvalue weighted by Gasteiger charge is 2.62. The standard InChI is InChI=1S/C44H54N2O4/c1-40(2,3)36(43(49,32-22-12-7-13-23-32)33-24-14-8-15-25-33)46(39(48)42(38(45)47)30-20-11-21-31-42)37(41(4,5)6)44(50,34-26-16-9-17-27-34)35-28-18-10-19-29-35/h7-10,12-19,22-29,36-37,49-50H,11,20-21,30-31H2,1-6H3,(H2,45,47)/t36-,37-/m1/s1. The summed E-state index contributed by atoms with van der Waals surface area (Å²) < 4.78 is 0. The molecular weight excluding hydrogens is 620 g/mol. The smallest absolute Gasteiger partial charge is 0.239 e. The average Bonchev–Trinajstić information content (AvgIpc) is 3.11. The zero-order valence-corrected chi connectivity index (χ0v) is 30.5. The molecule has 4 aromatic rings. The topological polar surface area (TPSA) is 104 Å². The van der Waals surface area contributed by atoms with Crippen molar-refractivity contribution in [2.45, 2.75) is 96.9 Å². The van der Waals surface area contributed by atoms with Crippen molar-refractivity contribution in [3.63, 3.8) is 0 Å². The summed E-state index contributed by atoms with van der Waals surface area (Å²) in [6.07, 6.45) is 2.84. The van der Waals surface area contributed by atoms with Crippen LogP contribution < -0.4 is 5.73 Å². The monoisotopic (exact) mass is 674 g/mol. The number of nitrogens with zero attached hydrogens (tertiary/aromatic N) is 1. The van der Waals surface area contributed by atoms with Crippen LogP contribution in [0.5, 0.6) is 0 Å². The van der Waals surface area contributed by atoms with E-state index < -0.39 is 51.3 Å². The Kier molecular flexibility index (Phi) is 10.5. The van der Waals surface area contributed by atoms with Gasteiger partial charge in [0.1, 0.15) is 16.6 Å². The first-order valence-corrected chi connectivity index (χ1v) is 17.9. The van der Waals surface area contributed by atoms with Crippen molar-refractivity contribution in [1.82, 2.24) is 4.90 Å². The van der Waals surface area contributed by atoms with Gasteiger partial charge in [-0.2, -0.15) is 0 Å². The first-order chi connectivity index (χ1) is 23.6. The van der Waals surface area contributed by atoms with Crippen LogP contribution in [0.3, 0.4) is 0 Å². The second-order valence-corrected chi connectivity index (χ2v) is 16.3. The largest absolute Gasteiger partial charge is 0.378 e. The van der Waals surface area contributed by atoms with Crippen LogP contribution in [0.2, 0.25) is 0 Å². The van der Waals surface area contributed by atoms with Crippen LogP contribution in [0.15, 0.2) is 121 Å². The Labute approximate surface area is 298 Å². The van der Waals surface area contributed by atoms with Crippen molar-refractivity contribution in [3.05, 3.63) is 144 Å². The first kappa shape index (κ1) is 37.0. The summed E-state index contributed by atoms with van der Waals surface area (Å²) >= 11 is 0. The summed E-state index contributed by atoms with van der Waals surface area (Å²) in [6.45, 7) is 12.1. The molecule has 0 spiro atoms. The third-order valence-electron chi connectivity index (χ3n) is 10.7. The molecule has 0 saturated heterocycles. The molecule has 264 valence electrons. The summed E-state index contributed by atoms with van der Waals surface area (Å²) in [5, 5.41) is 27.4. The van der Waals surface area contributed by atoms with E-state index in [0.717, 1.165) is 6.42 Å². The van der Waals surface area contributed by atoms with Crippen molar-refractivity contribution in [2.24, 2.45) is 22.0 Å². The molecule has 0 bridgehead atoms. The van der Waals surface area contributed by atoms with Crippen LogP contribution in [0, 0.1) is 16.2 Å². The van der Waals surface area contributed by atoms with Crippen LogP contribution in [0.1, 0.15) is 95.9 Å². The molecule has 0 aromatic heterocycles. The highest BCUT2D eigenvalue weighted by atomic mass is 16.3. The number of carbonyl (C=O) groups excluding carboxylic acids is 2. The van der Waals surface area contributed by atoms with Crippen LogP contribution in [-0.4, -0.2) is 39.0 Å². The summed E-state index contributed by atoms with van der Waals surface area (Å²) in [6, 6.07) is 35.7. The highest BCUT2D eigenvalue weighted by Crippen LogP contribution is 2.53. The maximum atomic E-state index is 16.1. The molecular formula is C44H54N2O4. The number of nitrogens with two attached hydrogens (primary N) is 1. The maximum Gasteiger partial charge on any atom is 0.239 e. The van der Waals surface area contributed by atoms with Crippen molar-refractivity contribution < 1.29 is 19.8 Å². The number of benzene rings is 4. The molecule has 6 nitrogen and oxygen atoms in total. The van der Waals surface area contributed by atoms with Gasteiger partial charge in [-0.05, 0) is 45.9 Å². The summed E-state index contributed by atoms with van der Waals surface area (Å²) in [4.78, 5) is 31.6. The normalized spacial score (nSPS) is 16.6. The zero-order chi connectivity index (χ0) is 36.4. The lowest BCUT2D eigenvalue weighted by atomic mass is 9.62. The lowest BCUT2D eigenvalue weighted by Crippen LogP contribution is -2.71. The Morgan fingerprint density at radius 1 is 0.560 bits per heavy atom. The van der Waals surface area contributed by atoms with E-state index in [2.05, 4.69) is 0 Å². The van der Waals surface area contributed by atoms with E-state index in [0.29, 0.717) is 47.9 Å². The predicted octanol–water partition coefficient (Wildman–Crippen LogP) is 7.95. The Balaban J connectivity index is 1.97. The SMILES string of the molecule is CC(C)(C)[C@@H](N(C(=O)C1(C(N)=O)CCCCC1)[C@H](C(C)(C)C)C(O)(c1ccccc1)c1ccccc1)C(O)(c1ccccc1)c1ccccc1. The van der Waals surface area contributed by atoms with Gasteiger partial charge in [0.2, 0.25) is 11.8 Å². The average molecular weight is 675 g/mol. The van der Waals surface area contributed by atoms with Crippen LogP contribution in [-0.2, 0) is 20.8 Å². The van der Waals surface area contributed by atoms with Crippen molar-refractivity contribution in [3.8, 4) is 0 Å². The Hall–Kier alpha value is -4.26. The quantitative estimate of drug-likeness (QED) is 0.149. The van der Waals surface area contributed by atoms with Gasteiger partial charge in [0.05, 0.1) is 12.1 Å². The van der Waals surface area contributed by atoms with Gasteiger partial charge in [0, 0.05) is 0 Å².